The lowest BCUT2D eigenvalue weighted by Gasteiger charge is -2.41. The van der Waals surface area contributed by atoms with E-state index in [9.17, 15) is 19.7 Å². The van der Waals surface area contributed by atoms with Crippen LogP contribution < -0.4 is 0 Å². The average Bonchev–Trinajstić information content (AvgIpc) is 2.65. The number of nitrogens with zero attached hydrogens (tertiary/aromatic N) is 3. The molecule has 1 aliphatic heterocycles. The minimum atomic E-state index is -0.597. The van der Waals surface area contributed by atoms with Gasteiger partial charge in [-0.2, -0.15) is 0 Å². The molecule has 190 valence electrons. The summed E-state index contributed by atoms with van der Waals surface area (Å²) in [5.41, 5.74) is 0.373. The van der Waals surface area contributed by atoms with Gasteiger partial charge in [-0.3, -0.25) is 14.9 Å². The summed E-state index contributed by atoms with van der Waals surface area (Å²) in [5.74, 6) is -0.251. The van der Waals surface area contributed by atoms with E-state index in [4.69, 9.17) is 4.74 Å². The maximum atomic E-state index is 13.7. The van der Waals surface area contributed by atoms with Crippen LogP contribution in [0.15, 0.2) is 17.0 Å². The third-order valence-electron chi connectivity index (χ3n) is 5.38. The highest BCUT2D eigenvalue weighted by molar-refractivity contribution is 8.00. The van der Waals surface area contributed by atoms with Crippen molar-refractivity contribution in [2.75, 3.05) is 13.1 Å². The zero-order chi connectivity index (χ0) is 26.0. The molecule has 1 saturated heterocycles. The Balaban J connectivity index is 2.38. The molecule has 2 amide bonds. The first-order chi connectivity index (χ1) is 15.5. The minimum absolute atomic E-state index is 0.0587. The molecular formula is C25H39N3O5S. The Hall–Kier alpha value is -2.29. The van der Waals surface area contributed by atoms with E-state index in [2.05, 4.69) is 0 Å². The number of hydrogen-bond acceptors (Lipinski definition) is 6. The highest BCUT2D eigenvalue weighted by atomic mass is 32.2. The van der Waals surface area contributed by atoms with Crippen molar-refractivity contribution < 1.29 is 19.2 Å². The second-order valence-electron chi connectivity index (χ2n) is 11.1. The highest BCUT2D eigenvalue weighted by Gasteiger charge is 2.35. The van der Waals surface area contributed by atoms with Crippen LogP contribution >= 0.6 is 11.8 Å². The van der Waals surface area contributed by atoms with Gasteiger partial charge in [0.15, 0.2) is 0 Å². The number of nitro benzene ring substituents is 1. The Morgan fingerprint density at radius 2 is 1.82 bits per heavy atom. The number of carbonyl (C=O) groups is 2. The summed E-state index contributed by atoms with van der Waals surface area (Å²) in [6, 6.07) is 2.82. The van der Waals surface area contributed by atoms with Gasteiger partial charge in [0, 0.05) is 35.5 Å². The van der Waals surface area contributed by atoms with Crippen molar-refractivity contribution in [2.24, 2.45) is 0 Å². The van der Waals surface area contributed by atoms with Crippen molar-refractivity contribution in [3.05, 3.63) is 33.4 Å². The Bertz CT molecular complexity index is 934. The normalized spacial score (nSPS) is 17.0. The van der Waals surface area contributed by atoms with Crippen LogP contribution in [-0.4, -0.2) is 62.2 Å². The molecule has 8 nitrogen and oxygen atoms in total. The van der Waals surface area contributed by atoms with Crippen molar-refractivity contribution >= 4 is 29.4 Å². The lowest BCUT2D eigenvalue weighted by Crippen LogP contribution is -2.54. The first kappa shape index (κ1) is 28.0. The molecule has 0 spiro atoms. The van der Waals surface area contributed by atoms with Crippen molar-refractivity contribution in [3.8, 4) is 0 Å². The van der Waals surface area contributed by atoms with E-state index in [1.165, 1.54) is 17.8 Å². The van der Waals surface area contributed by atoms with Gasteiger partial charge in [-0.15, -0.1) is 11.8 Å². The molecule has 0 aromatic heterocycles. The summed E-state index contributed by atoms with van der Waals surface area (Å²) in [5, 5.41) is 11.8. The fourth-order valence-electron chi connectivity index (χ4n) is 4.09. The molecule has 0 aliphatic carbocycles. The molecule has 0 bridgehead atoms. The lowest BCUT2D eigenvalue weighted by atomic mass is 9.99. The molecule has 1 heterocycles. The van der Waals surface area contributed by atoms with Gasteiger partial charge in [0.05, 0.1) is 15.9 Å². The van der Waals surface area contributed by atoms with Crippen LogP contribution in [0.4, 0.5) is 10.5 Å². The van der Waals surface area contributed by atoms with Crippen LogP contribution in [0, 0.1) is 17.0 Å². The molecule has 0 N–H and O–H groups in total. The number of hydrogen-bond donors (Lipinski definition) is 0. The first-order valence-electron chi connectivity index (χ1n) is 11.8. The molecule has 1 aromatic carbocycles. The van der Waals surface area contributed by atoms with Gasteiger partial charge in [0.2, 0.25) is 0 Å². The minimum Gasteiger partial charge on any atom is -0.444 e. The summed E-state index contributed by atoms with van der Waals surface area (Å²) in [6.07, 6.45) is 1.12. The number of thioether (sulfide) groups is 1. The largest absolute Gasteiger partial charge is 0.444 e. The fourth-order valence-corrected chi connectivity index (χ4v) is 5.22. The first-order valence-corrected chi connectivity index (χ1v) is 12.6. The quantitative estimate of drug-likeness (QED) is 0.282. The number of piperidine rings is 1. The Labute approximate surface area is 207 Å². The van der Waals surface area contributed by atoms with Crippen LogP contribution in [0.25, 0.3) is 0 Å². The Morgan fingerprint density at radius 3 is 2.32 bits per heavy atom. The van der Waals surface area contributed by atoms with Crippen LogP contribution in [0.1, 0.15) is 84.2 Å². The standard InChI is InChI=1S/C25H39N3O5S/c1-16(2)27(18-11-10-12-26(15-18)23(30)33-24(4,5)6)22(29)19-14-20(28(31)32)21(13-17(19)3)34-25(7,8)9/h13-14,16,18H,10-12,15H2,1-9H3/t18-/m1/s1. The van der Waals surface area contributed by atoms with Crippen LogP contribution in [0.2, 0.25) is 0 Å². The molecule has 1 aromatic rings. The van der Waals surface area contributed by atoms with Crippen LogP contribution in [0.3, 0.4) is 0 Å². The smallest absolute Gasteiger partial charge is 0.410 e. The van der Waals surface area contributed by atoms with Gasteiger partial charge in [-0.25, -0.2) is 4.79 Å². The third-order valence-corrected chi connectivity index (χ3v) is 6.54. The Kier molecular flexibility index (Phi) is 8.67. The van der Waals surface area contributed by atoms with E-state index in [-0.39, 0.29) is 34.5 Å². The number of aryl methyl sites for hydroxylation is 1. The molecule has 0 unspecified atom stereocenters. The van der Waals surface area contributed by atoms with Gasteiger partial charge < -0.3 is 14.5 Å². The number of likely N-dealkylation sites (tertiary alicyclic amines) is 1. The summed E-state index contributed by atoms with van der Waals surface area (Å²) in [4.78, 5) is 41.8. The SMILES string of the molecule is Cc1cc(SC(C)(C)C)c([N+](=O)[O-])cc1C(=O)N(C(C)C)[C@@H]1CCCN(C(=O)OC(C)(C)C)C1. The second-order valence-corrected chi connectivity index (χ2v) is 13.0. The third kappa shape index (κ3) is 7.35. The van der Waals surface area contributed by atoms with E-state index in [1.807, 2.05) is 62.3 Å². The molecule has 1 aliphatic rings. The molecule has 0 radical (unpaired) electrons. The van der Waals surface area contributed by atoms with Crippen molar-refractivity contribution in [1.29, 1.82) is 0 Å². The number of amides is 2. The lowest BCUT2D eigenvalue weighted by molar-refractivity contribution is -0.387. The zero-order valence-corrected chi connectivity index (χ0v) is 22.7. The summed E-state index contributed by atoms with van der Waals surface area (Å²) < 4.78 is 5.32. The van der Waals surface area contributed by atoms with Crippen molar-refractivity contribution in [3.63, 3.8) is 0 Å². The van der Waals surface area contributed by atoms with E-state index in [0.29, 0.717) is 29.1 Å². The molecular weight excluding hydrogens is 454 g/mol. The van der Waals surface area contributed by atoms with Gasteiger partial charge in [0.1, 0.15) is 5.60 Å². The highest BCUT2D eigenvalue weighted by Crippen LogP contribution is 2.39. The van der Waals surface area contributed by atoms with E-state index < -0.39 is 10.5 Å². The summed E-state index contributed by atoms with van der Waals surface area (Å²) in [7, 11) is 0. The molecule has 1 atom stereocenters. The maximum absolute atomic E-state index is 13.7. The van der Waals surface area contributed by atoms with Crippen LogP contribution in [0.5, 0.6) is 0 Å². The topological polar surface area (TPSA) is 93.0 Å². The summed E-state index contributed by atoms with van der Waals surface area (Å²) >= 11 is 1.42. The number of carbonyl (C=O) groups excluding carboxylic acids is 2. The maximum Gasteiger partial charge on any atom is 0.410 e. The number of benzene rings is 1. The average molecular weight is 494 g/mol. The fraction of sp³-hybridized carbons (Fsp3) is 0.680. The van der Waals surface area contributed by atoms with E-state index in [1.54, 1.807) is 15.9 Å². The summed E-state index contributed by atoms with van der Waals surface area (Å²) in [6.45, 7) is 18.1. The molecule has 0 saturated carbocycles. The Morgan fingerprint density at radius 1 is 1.21 bits per heavy atom. The van der Waals surface area contributed by atoms with Crippen molar-refractivity contribution in [1.82, 2.24) is 9.80 Å². The van der Waals surface area contributed by atoms with Gasteiger partial charge >= 0.3 is 6.09 Å². The van der Waals surface area contributed by atoms with Crippen LogP contribution in [-0.2, 0) is 4.74 Å². The van der Waals surface area contributed by atoms with Gasteiger partial charge in [-0.1, -0.05) is 20.8 Å². The molecule has 9 heteroatoms. The second kappa shape index (κ2) is 10.5. The monoisotopic (exact) mass is 493 g/mol. The number of nitro groups is 1. The van der Waals surface area contributed by atoms with E-state index >= 15 is 0 Å². The predicted octanol–water partition coefficient (Wildman–Crippen LogP) is 6.04. The van der Waals surface area contributed by atoms with Gasteiger partial charge in [-0.05, 0) is 66.0 Å². The van der Waals surface area contributed by atoms with Crippen molar-refractivity contribution in [2.45, 2.75) is 102 Å². The zero-order valence-electron chi connectivity index (χ0n) is 21.9. The molecule has 2 rings (SSSR count). The molecule has 34 heavy (non-hydrogen) atoms. The molecule has 1 fully saturated rings. The predicted molar refractivity (Wildman–Crippen MR) is 136 cm³/mol. The van der Waals surface area contributed by atoms with Gasteiger partial charge in [0.25, 0.3) is 11.6 Å². The number of rotatable bonds is 5. The number of ether oxygens (including phenoxy) is 1. The van der Waals surface area contributed by atoms with E-state index in [0.717, 1.165) is 12.8 Å².